The van der Waals surface area contributed by atoms with E-state index in [1.165, 1.54) is 48.9 Å². The van der Waals surface area contributed by atoms with Crippen LogP contribution in [0.15, 0.2) is 43.4 Å². The molecule has 0 unspecified atom stereocenters. The standard InChI is InChI=1S/C20H28N4/c1-3-12-24-17(2)19(14-22-24)16-23(20-9-5-4-6-10-20)15-18-8-7-11-21-13-18/h3,7-8,11,13-14,20H,1,4-6,9-10,12,15-16H2,2H3. The van der Waals surface area contributed by atoms with E-state index in [-0.39, 0.29) is 0 Å². The third kappa shape index (κ3) is 4.12. The highest BCUT2D eigenvalue weighted by molar-refractivity contribution is 5.17. The first kappa shape index (κ1) is 16.9. The van der Waals surface area contributed by atoms with Gasteiger partial charge < -0.3 is 0 Å². The Labute approximate surface area is 145 Å². The van der Waals surface area contributed by atoms with Crippen molar-refractivity contribution in [3.8, 4) is 0 Å². The van der Waals surface area contributed by atoms with E-state index in [1.807, 2.05) is 35.4 Å². The number of pyridine rings is 1. The zero-order chi connectivity index (χ0) is 16.8. The van der Waals surface area contributed by atoms with Crippen LogP contribution in [0.1, 0.15) is 48.9 Å². The van der Waals surface area contributed by atoms with Gasteiger partial charge in [0.25, 0.3) is 0 Å². The van der Waals surface area contributed by atoms with Crippen molar-refractivity contribution in [3.63, 3.8) is 0 Å². The van der Waals surface area contributed by atoms with E-state index >= 15 is 0 Å². The van der Waals surface area contributed by atoms with Crippen molar-refractivity contribution in [3.05, 3.63) is 60.2 Å². The van der Waals surface area contributed by atoms with Crippen LogP contribution < -0.4 is 0 Å². The third-order valence-electron chi connectivity index (χ3n) is 5.08. The van der Waals surface area contributed by atoms with Crippen LogP contribution in [0.3, 0.4) is 0 Å². The number of rotatable bonds is 7. The Kier molecular flexibility index (Phi) is 5.81. The minimum Gasteiger partial charge on any atom is -0.292 e. The van der Waals surface area contributed by atoms with Crippen molar-refractivity contribution < 1.29 is 0 Å². The van der Waals surface area contributed by atoms with Crippen LogP contribution >= 0.6 is 0 Å². The molecule has 2 aromatic heterocycles. The molecule has 1 aliphatic carbocycles. The summed E-state index contributed by atoms with van der Waals surface area (Å²) >= 11 is 0. The summed E-state index contributed by atoms with van der Waals surface area (Å²) in [6, 6.07) is 4.87. The summed E-state index contributed by atoms with van der Waals surface area (Å²) < 4.78 is 2.03. The second-order valence-electron chi connectivity index (χ2n) is 6.78. The lowest BCUT2D eigenvalue weighted by atomic mass is 9.93. The van der Waals surface area contributed by atoms with Gasteiger partial charge in [0.2, 0.25) is 0 Å². The molecule has 4 heteroatoms. The van der Waals surface area contributed by atoms with Crippen molar-refractivity contribution in [2.24, 2.45) is 0 Å². The Balaban J connectivity index is 1.77. The Morgan fingerprint density at radius 3 is 2.79 bits per heavy atom. The Bertz CT molecular complexity index is 641. The maximum atomic E-state index is 4.52. The maximum Gasteiger partial charge on any atom is 0.0590 e. The highest BCUT2D eigenvalue weighted by atomic mass is 15.3. The molecule has 1 fully saturated rings. The topological polar surface area (TPSA) is 34.0 Å². The molecule has 2 heterocycles. The molecule has 0 spiro atoms. The van der Waals surface area contributed by atoms with Gasteiger partial charge >= 0.3 is 0 Å². The summed E-state index contributed by atoms with van der Waals surface area (Å²) in [5.74, 6) is 0. The fourth-order valence-electron chi connectivity index (χ4n) is 3.65. The molecule has 4 nitrogen and oxygen atoms in total. The van der Waals surface area contributed by atoms with E-state index in [2.05, 4.69) is 34.6 Å². The first-order chi connectivity index (χ1) is 11.8. The van der Waals surface area contributed by atoms with Gasteiger partial charge in [-0.1, -0.05) is 31.4 Å². The van der Waals surface area contributed by atoms with Gasteiger partial charge in [-0.3, -0.25) is 14.6 Å². The molecule has 0 aromatic carbocycles. The molecule has 128 valence electrons. The maximum absolute atomic E-state index is 4.52. The predicted molar refractivity (Wildman–Crippen MR) is 97.5 cm³/mol. The van der Waals surface area contributed by atoms with Gasteiger partial charge in [-0.15, -0.1) is 6.58 Å². The number of hydrogen-bond donors (Lipinski definition) is 0. The summed E-state index contributed by atoms with van der Waals surface area (Å²) in [6.45, 7) is 8.68. The molecule has 2 aromatic rings. The van der Waals surface area contributed by atoms with Crippen LogP contribution in [0.5, 0.6) is 0 Å². The summed E-state index contributed by atoms with van der Waals surface area (Å²) in [6.07, 6.45) is 14.5. The Morgan fingerprint density at radius 1 is 1.25 bits per heavy atom. The van der Waals surface area contributed by atoms with Crippen LogP contribution in [-0.4, -0.2) is 25.7 Å². The summed E-state index contributed by atoms with van der Waals surface area (Å²) in [5.41, 5.74) is 3.87. The molecule has 0 bridgehead atoms. The molecule has 0 N–H and O–H groups in total. The average Bonchev–Trinajstić information content (AvgIpc) is 2.97. The molecule has 0 radical (unpaired) electrons. The van der Waals surface area contributed by atoms with Crippen LogP contribution in [0.25, 0.3) is 0 Å². The molecule has 24 heavy (non-hydrogen) atoms. The van der Waals surface area contributed by atoms with Crippen molar-refractivity contribution in [1.82, 2.24) is 19.7 Å². The smallest absolute Gasteiger partial charge is 0.0590 e. The van der Waals surface area contributed by atoms with E-state index in [0.717, 1.165) is 19.6 Å². The van der Waals surface area contributed by atoms with Crippen LogP contribution in [0, 0.1) is 6.92 Å². The fourth-order valence-corrected chi connectivity index (χ4v) is 3.65. The molecule has 0 saturated heterocycles. The minimum absolute atomic E-state index is 0.668. The summed E-state index contributed by atoms with van der Waals surface area (Å²) in [4.78, 5) is 6.91. The lowest BCUT2D eigenvalue weighted by Crippen LogP contribution is -2.36. The second-order valence-corrected chi connectivity index (χ2v) is 6.78. The Morgan fingerprint density at radius 2 is 2.08 bits per heavy atom. The highest BCUT2D eigenvalue weighted by Crippen LogP contribution is 2.26. The van der Waals surface area contributed by atoms with Gasteiger partial charge in [-0.05, 0) is 31.4 Å². The van der Waals surface area contributed by atoms with Crippen LogP contribution in [-0.2, 0) is 19.6 Å². The predicted octanol–water partition coefficient (Wildman–Crippen LogP) is 4.11. The lowest BCUT2D eigenvalue weighted by molar-refractivity contribution is 0.139. The molecular weight excluding hydrogens is 296 g/mol. The van der Waals surface area contributed by atoms with Gasteiger partial charge in [0.1, 0.15) is 0 Å². The van der Waals surface area contributed by atoms with Gasteiger partial charge in [0, 0.05) is 42.8 Å². The lowest BCUT2D eigenvalue weighted by Gasteiger charge is -2.34. The largest absolute Gasteiger partial charge is 0.292 e. The molecule has 1 aliphatic rings. The summed E-state index contributed by atoms with van der Waals surface area (Å²) in [7, 11) is 0. The fraction of sp³-hybridized carbons (Fsp3) is 0.500. The molecule has 1 saturated carbocycles. The van der Waals surface area contributed by atoms with E-state index in [0.29, 0.717) is 6.04 Å². The molecular formula is C20H28N4. The number of allylic oxidation sites excluding steroid dienone is 1. The quantitative estimate of drug-likeness (QED) is 0.719. The van der Waals surface area contributed by atoms with Crippen LogP contribution in [0.4, 0.5) is 0 Å². The van der Waals surface area contributed by atoms with Crippen molar-refractivity contribution in [2.75, 3.05) is 0 Å². The molecule has 0 aliphatic heterocycles. The molecule has 0 amide bonds. The highest BCUT2D eigenvalue weighted by Gasteiger charge is 2.22. The van der Waals surface area contributed by atoms with E-state index < -0.39 is 0 Å². The van der Waals surface area contributed by atoms with Gasteiger partial charge in [-0.2, -0.15) is 5.10 Å². The van der Waals surface area contributed by atoms with Crippen molar-refractivity contribution in [1.29, 1.82) is 0 Å². The number of nitrogens with zero attached hydrogens (tertiary/aromatic N) is 4. The van der Waals surface area contributed by atoms with E-state index in [9.17, 15) is 0 Å². The SMILES string of the molecule is C=CCn1ncc(CN(Cc2cccnc2)C2CCCCC2)c1C. The normalized spacial score (nSPS) is 15.8. The first-order valence-electron chi connectivity index (χ1n) is 9.03. The zero-order valence-electron chi connectivity index (χ0n) is 14.7. The number of aromatic nitrogens is 3. The van der Waals surface area contributed by atoms with Crippen molar-refractivity contribution >= 4 is 0 Å². The Hall–Kier alpha value is -1.94. The van der Waals surface area contributed by atoms with E-state index in [4.69, 9.17) is 0 Å². The average molecular weight is 324 g/mol. The summed E-state index contributed by atoms with van der Waals surface area (Å²) in [5, 5.41) is 4.52. The second kappa shape index (κ2) is 8.25. The minimum atomic E-state index is 0.668. The van der Waals surface area contributed by atoms with E-state index in [1.54, 1.807) is 0 Å². The van der Waals surface area contributed by atoms with Gasteiger partial charge in [-0.25, -0.2) is 0 Å². The zero-order valence-corrected chi connectivity index (χ0v) is 14.7. The van der Waals surface area contributed by atoms with Crippen molar-refractivity contribution in [2.45, 2.75) is 64.7 Å². The molecule has 0 atom stereocenters. The van der Waals surface area contributed by atoms with Crippen LogP contribution in [0.2, 0.25) is 0 Å². The first-order valence-corrected chi connectivity index (χ1v) is 9.03. The monoisotopic (exact) mass is 324 g/mol. The van der Waals surface area contributed by atoms with Gasteiger partial charge in [0.05, 0.1) is 12.7 Å². The van der Waals surface area contributed by atoms with Gasteiger partial charge in [0.15, 0.2) is 0 Å². The third-order valence-corrected chi connectivity index (χ3v) is 5.08. The molecule has 3 rings (SSSR count). The number of hydrogen-bond acceptors (Lipinski definition) is 3.